The summed E-state index contributed by atoms with van der Waals surface area (Å²) in [6, 6.07) is 0.131. The lowest BCUT2D eigenvalue weighted by Gasteiger charge is -2.29. The Balaban J connectivity index is 2.06. The second-order valence-electron chi connectivity index (χ2n) is 3.10. The topological polar surface area (TPSA) is 49.8 Å². The van der Waals surface area contributed by atoms with E-state index in [1.165, 1.54) is 0 Å². The van der Waals surface area contributed by atoms with Crippen molar-refractivity contribution >= 4 is 6.09 Å². The van der Waals surface area contributed by atoms with Crippen molar-refractivity contribution < 1.29 is 14.6 Å². The predicted molar refractivity (Wildman–Crippen MR) is 37.1 cm³/mol. The van der Waals surface area contributed by atoms with Crippen LogP contribution < -0.4 is 0 Å². The zero-order valence-electron chi connectivity index (χ0n) is 6.19. The number of fused-ring (bicyclic) bond motifs is 1. The highest BCUT2D eigenvalue weighted by Crippen LogP contribution is 2.23. The van der Waals surface area contributed by atoms with Crippen LogP contribution in [0.4, 0.5) is 4.79 Å². The van der Waals surface area contributed by atoms with E-state index < -0.39 is 0 Å². The van der Waals surface area contributed by atoms with Crippen molar-refractivity contribution in [3.63, 3.8) is 0 Å². The normalized spacial score (nSPS) is 36.8. The van der Waals surface area contributed by atoms with Crippen molar-refractivity contribution in [1.29, 1.82) is 0 Å². The number of hydrogen-bond acceptors (Lipinski definition) is 3. The molecule has 2 aliphatic rings. The summed E-state index contributed by atoms with van der Waals surface area (Å²) < 4.78 is 4.82. The molecule has 0 aromatic heterocycles. The molecule has 0 bridgehead atoms. The second-order valence-corrected chi connectivity index (χ2v) is 3.10. The first kappa shape index (κ1) is 6.91. The van der Waals surface area contributed by atoms with Crippen LogP contribution in [0.5, 0.6) is 0 Å². The molecular formula is C7H11NO3. The number of piperidine rings is 1. The van der Waals surface area contributed by atoms with Crippen molar-refractivity contribution in [1.82, 2.24) is 4.90 Å². The highest BCUT2D eigenvalue weighted by atomic mass is 16.6. The summed E-state index contributed by atoms with van der Waals surface area (Å²) in [6.07, 6.45) is 0.893. The molecule has 2 heterocycles. The lowest BCUT2D eigenvalue weighted by atomic mass is 10.0. The molecule has 0 spiro atoms. The molecule has 4 nitrogen and oxygen atoms in total. The number of nitrogens with zero attached hydrogens (tertiary/aromatic N) is 1. The molecule has 1 N–H and O–H groups in total. The molecule has 2 atom stereocenters. The minimum Gasteiger partial charge on any atom is -0.447 e. The van der Waals surface area contributed by atoms with E-state index in [1.54, 1.807) is 4.90 Å². The molecule has 0 radical (unpaired) electrons. The van der Waals surface area contributed by atoms with Crippen LogP contribution in [0.3, 0.4) is 0 Å². The number of hydrogen-bond donors (Lipinski definition) is 1. The van der Waals surface area contributed by atoms with Gasteiger partial charge >= 0.3 is 6.09 Å². The SMILES string of the molecule is O=C1OC[C@@H]2C[C@@H](O)CCN12. The zero-order valence-corrected chi connectivity index (χ0v) is 6.19. The minimum atomic E-state index is -0.245. The fraction of sp³-hybridized carbons (Fsp3) is 0.857. The third-order valence-corrected chi connectivity index (χ3v) is 2.32. The van der Waals surface area contributed by atoms with E-state index in [2.05, 4.69) is 0 Å². The molecule has 0 aliphatic carbocycles. The summed E-state index contributed by atoms with van der Waals surface area (Å²) in [5.74, 6) is 0. The van der Waals surface area contributed by atoms with E-state index in [1.807, 2.05) is 0 Å². The Bertz CT molecular complexity index is 183. The molecule has 2 aliphatic heterocycles. The van der Waals surface area contributed by atoms with E-state index >= 15 is 0 Å². The van der Waals surface area contributed by atoms with Gasteiger partial charge in [-0.2, -0.15) is 0 Å². The molecule has 0 saturated carbocycles. The van der Waals surface area contributed by atoms with Gasteiger partial charge in [0.05, 0.1) is 12.1 Å². The van der Waals surface area contributed by atoms with Gasteiger partial charge < -0.3 is 14.7 Å². The maximum absolute atomic E-state index is 10.9. The Morgan fingerprint density at radius 2 is 2.45 bits per heavy atom. The number of carbonyl (C=O) groups excluding carboxylic acids is 1. The Labute approximate surface area is 64.7 Å². The quantitative estimate of drug-likeness (QED) is 0.537. The Hall–Kier alpha value is -0.770. The molecule has 2 saturated heterocycles. The Kier molecular flexibility index (Phi) is 1.49. The molecule has 2 rings (SSSR count). The first-order valence-electron chi connectivity index (χ1n) is 3.89. The number of aliphatic hydroxyl groups is 1. The van der Waals surface area contributed by atoms with Gasteiger partial charge in [-0.3, -0.25) is 0 Å². The molecule has 11 heavy (non-hydrogen) atoms. The number of aliphatic hydroxyl groups excluding tert-OH is 1. The predicted octanol–water partition coefficient (Wildman–Crippen LogP) is -0.0381. The van der Waals surface area contributed by atoms with Crippen LogP contribution in [0.2, 0.25) is 0 Å². The van der Waals surface area contributed by atoms with Gasteiger partial charge in [-0.1, -0.05) is 0 Å². The third-order valence-electron chi connectivity index (χ3n) is 2.32. The molecular weight excluding hydrogens is 146 g/mol. The average Bonchev–Trinajstić information content (AvgIpc) is 2.32. The maximum atomic E-state index is 10.9. The summed E-state index contributed by atoms with van der Waals surface area (Å²) in [6.45, 7) is 1.10. The van der Waals surface area contributed by atoms with E-state index in [-0.39, 0.29) is 18.2 Å². The lowest BCUT2D eigenvalue weighted by molar-refractivity contribution is 0.0765. The third kappa shape index (κ3) is 1.07. The van der Waals surface area contributed by atoms with E-state index in [0.29, 0.717) is 26.0 Å². The van der Waals surface area contributed by atoms with Gasteiger partial charge in [-0.15, -0.1) is 0 Å². The standard InChI is InChI=1S/C7H11NO3/c9-6-1-2-8-5(3-6)4-11-7(8)10/h5-6,9H,1-4H2/t5-,6-/m0/s1. The summed E-state index contributed by atoms with van der Waals surface area (Å²) >= 11 is 0. The fourth-order valence-electron chi connectivity index (χ4n) is 1.68. The minimum absolute atomic E-state index is 0.131. The Morgan fingerprint density at radius 1 is 1.64 bits per heavy atom. The summed E-state index contributed by atoms with van der Waals surface area (Å²) in [4.78, 5) is 12.6. The van der Waals surface area contributed by atoms with Gasteiger partial charge in [0.25, 0.3) is 0 Å². The van der Waals surface area contributed by atoms with Crippen LogP contribution >= 0.6 is 0 Å². The highest BCUT2D eigenvalue weighted by Gasteiger charge is 2.37. The van der Waals surface area contributed by atoms with Crippen LogP contribution in [-0.2, 0) is 4.74 Å². The molecule has 1 amide bonds. The molecule has 0 aromatic carbocycles. The van der Waals surface area contributed by atoms with Gasteiger partial charge in [0.2, 0.25) is 0 Å². The first-order chi connectivity index (χ1) is 5.27. The lowest BCUT2D eigenvalue weighted by Crippen LogP contribution is -2.42. The first-order valence-corrected chi connectivity index (χ1v) is 3.89. The molecule has 4 heteroatoms. The maximum Gasteiger partial charge on any atom is 0.410 e. The van der Waals surface area contributed by atoms with Gasteiger partial charge in [0, 0.05) is 6.54 Å². The number of amides is 1. The average molecular weight is 157 g/mol. The summed E-state index contributed by atoms with van der Waals surface area (Å²) in [7, 11) is 0. The number of ether oxygens (including phenoxy) is 1. The van der Waals surface area contributed by atoms with Crippen LogP contribution in [0.1, 0.15) is 12.8 Å². The molecule has 2 fully saturated rings. The van der Waals surface area contributed by atoms with Gasteiger partial charge in [-0.05, 0) is 12.8 Å². The summed E-state index contributed by atoms with van der Waals surface area (Å²) in [5.41, 5.74) is 0. The van der Waals surface area contributed by atoms with Gasteiger partial charge in [0.1, 0.15) is 6.61 Å². The largest absolute Gasteiger partial charge is 0.447 e. The molecule has 0 unspecified atom stereocenters. The number of cyclic esters (lactones) is 1. The number of carbonyl (C=O) groups is 1. The fourth-order valence-corrected chi connectivity index (χ4v) is 1.68. The van der Waals surface area contributed by atoms with E-state index in [0.717, 1.165) is 0 Å². The smallest absolute Gasteiger partial charge is 0.410 e. The van der Waals surface area contributed by atoms with Crippen LogP contribution in [0, 0.1) is 0 Å². The second kappa shape index (κ2) is 2.37. The van der Waals surface area contributed by atoms with Crippen LogP contribution in [0.15, 0.2) is 0 Å². The van der Waals surface area contributed by atoms with Crippen LogP contribution in [-0.4, -0.2) is 41.4 Å². The number of rotatable bonds is 0. The van der Waals surface area contributed by atoms with E-state index in [9.17, 15) is 9.90 Å². The van der Waals surface area contributed by atoms with Crippen LogP contribution in [0.25, 0.3) is 0 Å². The van der Waals surface area contributed by atoms with Gasteiger partial charge in [-0.25, -0.2) is 4.79 Å². The molecule has 62 valence electrons. The summed E-state index contributed by atoms with van der Waals surface area (Å²) in [5, 5.41) is 9.25. The monoisotopic (exact) mass is 157 g/mol. The van der Waals surface area contributed by atoms with Crippen molar-refractivity contribution in [2.45, 2.75) is 25.0 Å². The van der Waals surface area contributed by atoms with Crippen molar-refractivity contribution in [3.05, 3.63) is 0 Å². The highest BCUT2D eigenvalue weighted by molar-refractivity contribution is 5.70. The van der Waals surface area contributed by atoms with E-state index in [4.69, 9.17) is 4.74 Å². The molecule has 0 aromatic rings. The van der Waals surface area contributed by atoms with Crippen molar-refractivity contribution in [3.8, 4) is 0 Å². The van der Waals surface area contributed by atoms with Gasteiger partial charge in [0.15, 0.2) is 0 Å². The van der Waals surface area contributed by atoms with Crippen molar-refractivity contribution in [2.75, 3.05) is 13.2 Å². The van der Waals surface area contributed by atoms with Crippen molar-refractivity contribution in [2.24, 2.45) is 0 Å². The Morgan fingerprint density at radius 3 is 3.27 bits per heavy atom. The zero-order chi connectivity index (χ0) is 7.84.